The lowest BCUT2D eigenvalue weighted by Crippen LogP contribution is -2.39. The minimum atomic E-state index is 0.320. The zero-order chi connectivity index (χ0) is 11.3. The van der Waals surface area contributed by atoms with Crippen LogP contribution in [0.1, 0.15) is 18.3 Å². The molecule has 1 rings (SSSR count). The third-order valence-corrected chi connectivity index (χ3v) is 3.18. The molecule has 0 radical (unpaired) electrons. The second kappa shape index (κ2) is 6.15. The predicted octanol–water partition coefficient (Wildman–Crippen LogP) is 0.720. The Morgan fingerprint density at radius 3 is 2.87 bits per heavy atom. The molecule has 0 saturated heterocycles. The highest BCUT2D eigenvalue weighted by atomic mass is 32.2. The van der Waals surface area contributed by atoms with Crippen molar-refractivity contribution in [2.24, 2.45) is 12.9 Å². The molecular formula is C10H20N4S. The summed E-state index contributed by atoms with van der Waals surface area (Å²) in [7, 11) is 1.99. The largest absolute Gasteiger partial charge is 0.272 e. The zero-order valence-corrected chi connectivity index (χ0v) is 10.5. The maximum Gasteiger partial charge on any atom is 0.0624 e. The first-order valence-corrected chi connectivity index (χ1v) is 6.57. The molecule has 0 fully saturated rings. The fourth-order valence-electron chi connectivity index (χ4n) is 1.55. The van der Waals surface area contributed by atoms with E-state index in [1.165, 1.54) is 5.69 Å². The summed E-state index contributed by atoms with van der Waals surface area (Å²) in [6, 6.07) is 2.48. The number of hydrazine groups is 1. The van der Waals surface area contributed by atoms with Gasteiger partial charge in [0, 0.05) is 31.0 Å². The van der Waals surface area contributed by atoms with Crippen LogP contribution in [-0.4, -0.2) is 27.8 Å². The third-order valence-electron chi connectivity index (χ3n) is 2.45. The van der Waals surface area contributed by atoms with Gasteiger partial charge in [0.2, 0.25) is 0 Å². The summed E-state index contributed by atoms with van der Waals surface area (Å²) in [5.41, 5.74) is 5.23. The minimum absolute atomic E-state index is 0.320. The molecule has 0 aliphatic carbocycles. The Morgan fingerprint density at radius 2 is 2.40 bits per heavy atom. The van der Waals surface area contributed by atoms with Crippen molar-refractivity contribution in [2.75, 3.05) is 12.0 Å². The summed E-state index contributed by atoms with van der Waals surface area (Å²) >= 11 is 1.80. The Bertz CT molecular complexity index is 298. The summed E-state index contributed by atoms with van der Waals surface area (Å²) in [5.74, 6) is 6.52. The first-order valence-electron chi connectivity index (χ1n) is 5.18. The van der Waals surface area contributed by atoms with Gasteiger partial charge in [-0.2, -0.15) is 16.9 Å². The summed E-state index contributed by atoms with van der Waals surface area (Å²) in [5, 5.41) is 4.42. The number of thioether (sulfide) groups is 1. The average molecular weight is 228 g/mol. The predicted molar refractivity (Wildman–Crippen MR) is 65.8 cm³/mol. The molecule has 86 valence electrons. The Balaban J connectivity index is 2.65. The Morgan fingerprint density at radius 1 is 1.67 bits per heavy atom. The molecule has 0 aliphatic rings. The van der Waals surface area contributed by atoms with Gasteiger partial charge in [0.15, 0.2) is 0 Å². The molecule has 1 heterocycles. The number of hydrogen-bond donors (Lipinski definition) is 2. The van der Waals surface area contributed by atoms with Crippen molar-refractivity contribution in [1.82, 2.24) is 15.2 Å². The molecular weight excluding hydrogens is 208 g/mol. The van der Waals surface area contributed by atoms with Crippen LogP contribution in [-0.2, 0) is 19.9 Å². The van der Waals surface area contributed by atoms with Crippen LogP contribution in [0.5, 0.6) is 0 Å². The quantitative estimate of drug-likeness (QED) is 0.556. The molecule has 0 bridgehead atoms. The molecule has 1 aromatic heterocycles. The monoisotopic (exact) mass is 228 g/mol. The molecule has 1 unspecified atom stereocenters. The summed E-state index contributed by atoms with van der Waals surface area (Å²) in [4.78, 5) is 0. The number of aryl methyl sites for hydroxylation is 2. The van der Waals surface area contributed by atoms with Crippen molar-refractivity contribution < 1.29 is 0 Å². The molecule has 15 heavy (non-hydrogen) atoms. The Labute approximate surface area is 95.6 Å². The van der Waals surface area contributed by atoms with Gasteiger partial charge in [-0.05, 0) is 18.7 Å². The van der Waals surface area contributed by atoms with Crippen LogP contribution in [0.4, 0.5) is 0 Å². The number of nitrogens with zero attached hydrogens (tertiary/aromatic N) is 2. The van der Waals surface area contributed by atoms with Gasteiger partial charge in [-0.3, -0.25) is 16.0 Å². The first kappa shape index (κ1) is 12.5. The second-order valence-corrected chi connectivity index (χ2v) is 4.54. The maximum absolute atomic E-state index is 5.50. The standard InChI is InChI=1S/C10H20N4S/c1-4-8-5-10(14(2)13-8)6-9(12-11)7-15-3/h5,9,12H,4,6-7,11H2,1-3H3. The fourth-order valence-corrected chi connectivity index (χ4v) is 2.17. The average Bonchev–Trinajstić information content (AvgIpc) is 2.59. The lowest BCUT2D eigenvalue weighted by atomic mass is 10.2. The zero-order valence-electron chi connectivity index (χ0n) is 9.66. The summed E-state index contributed by atoms with van der Waals surface area (Å²) < 4.78 is 1.95. The Kier molecular flexibility index (Phi) is 5.14. The summed E-state index contributed by atoms with van der Waals surface area (Å²) in [6.07, 6.45) is 4.00. The third kappa shape index (κ3) is 3.52. The van der Waals surface area contributed by atoms with E-state index in [-0.39, 0.29) is 0 Å². The molecule has 3 N–H and O–H groups in total. The molecule has 0 aliphatic heterocycles. The molecule has 0 amide bonds. The number of rotatable bonds is 6. The van der Waals surface area contributed by atoms with Gasteiger partial charge in [0.05, 0.1) is 5.69 Å². The molecule has 0 spiro atoms. The minimum Gasteiger partial charge on any atom is -0.272 e. The van der Waals surface area contributed by atoms with Crippen molar-refractivity contribution in [1.29, 1.82) is 0 Å². The van der Waals surface area contributed by atoms with E-state index in [0.717, 1.165) is 24.3 Å². The van der Waals surface area contributed by atoms with E-state index in [1.54, 1.807) is 11.8 Å². The van der Waals surface area contributed by atoms with Crippen LogP contribution < -0.4 is 11.3 Å². The van der Waals surface area contributed by atoms with E-state index in [2.05, 4.69) is 29.8 Å². The van der Waals surface area contributed by atoms with Gasteiger partial charge in [-0.15, -0.1) is 0 Å². The van der Waals surface area contributed by atoms with Crippen molar-refractivity contribution in [3.63, 3.8) is 0 Å². The molecule has 1 atom stereocenters. The Hall–Kier alpha value is -0.520. The second-order valence-electron chi connectivity index (χ2n) is 3.63. The van der Waals surface area contributed by atoms with Gasteiger partial charge in [0.1, 0.15) is 0 Å². The fraction of sp³-hybridized carbons (Fsp3) is 0.700. The normalized spacial score (nSPS) is 13.1. The van der Waals surface area contributed by atoms with Crippen molar-refractivity contribution in [3.8, 4) is 0 Å². The lowest BCUT2D eigenvalue weighted by molar-refractivity contribution is 0.551. The molecule has 5 heteroatoms. The van der Waals surface area contributed by atoms with Gasteiger partial charge in [-0.25, -0.2) is 0 Å². The SMILES string of the molecule is CCc1cc(CC(CSC)NN)n(C)n1. The number of nitrogens with one attached hydrogen (secondary N) is 1. The first-order chi connectivity index (χ1) is 7.21. The maximum atomic E-state index is 5.50. The molecule has 0 saturated carbocycles. The molecule has 1 aromatic rings. The van der Waals surface area contributed by atoms with Gasteiger partial charge < -0.3 is 0 Å². The van der Waals surface area contributed by atoms with E-state index in [1.807, 2.05) is 11.7 Å². The van der Waals surface area contributed by atoms with E-state index in [0.29, 0.717) is 6.04 Å². The van der Waals surface area contributed by atoms with Crippen LogP contribution in [0.15, 0.2) is 6.07 Å². The van der Waals surface area contributed by atoms with Crippen molar-refractivity contribution in [2.45, 2.75) is 25.8 Å². The van der Waals surface area contributed by atoms with Crippen molar-refractivity contribution in [3.05, 3.63) is 17.5 Å². The van der Waals surface area contributed by atoms with E-state index < -0.39 is 0 Å². The van der Waals surface area contributed by atoms with Gasteiger partial charge in [0.25, 0.3) is 0 Å². The van der Waals surface area contributed by atoms with Crippen molar-refractivity contribution >= 4 is 11.8 Å². The topological polar surface area (TPSA) is 55.9 Å². The number of nitrogens with two attached hydrogens (primary N) is 1. The van der Waals surface area contributed by atoms with Gasteiger partial charge >= 0.3 is 0 Å². The van der Waals surface area contributed by atoms with E-state index >= 15 is 0 Å². The highest BCUT2D eigenvalue weighted by Crippen LogP contribution is 2.08. The van der Waals surface area contributed by atoms with Crippen LogP contribution >= 0.6 is 11.8 Å². The van der Waals surface area contributed by atoms with Crippen LogP contribution in [0.2, 0.25) is 0 Å². The number of aromatic nitrogens is 2. The molecule has 4 nitrogen and oxygen atoms in total. The van der Waals surface area contributed by atoms with Crippen LogP contribution in [0.25, 0.3) is 0 Å². The molecule has 0 aromatic carbocycles. The highest BCUT2D eigenvalue weighted by Gasteiger charge is 2.11. The van der Waals surface area contributed by atoms with Crippen LogP contribution in [0, 0.1) is 0 Å². The summed E-state index contributed by atoms with van der Waals surface area (Å²) in [6.45, 7) is 2.12. The smallest absolute Gasteiger partial charge is 0.0624 e. The van der Waals surface area contributed by atoms with Gasteiger partial charge in [-0.1, -0.05) is 6.92 Å². The lowest BCUT2D eigenvalue weighted by Gasteiger charge is -2.14. The highest BCUT2D eigenvalue weighted by molar-refractivity contribution is 7.98. The van der Waals surface area contributed by atoms with Crippen LogP contribution in [0.3, 0.4) is 0 Å². The van der Waals surface area contributed by atoms with E-state index in [4.69, 9.17) is 5.84 Å². The van der Waals surface area contributed by atoms with E-state index in [9.17, 15) is 0 Å². The number of hydrogen-bond acceptors (Lipinski definition) is 4.